The molecule has 1 nitrogen and oxygen atoms in total. The summed E-state index contributed by atoms with van der Waals surface area (Å²) in [5, 5.41) is 0. The maximum Gasteiger partial charge on any atom is -0.00248 e. The first kappa shape index (κ1) is 20.5. The zero-order valence-electron chi connectivity index (χ0n) is 14.0. The molecule has 2 heteroatoms. The van der Waals surface area contributed by atoms with Gasteiger partial charge in [0.1, 0.15) is 0 Å². The van der Waals surface area contributed by atoms with E-state index in [9.17, 15) is 0 Å². The van der Waals surface area contributed by atoms with Gasteiger partial charge in [0.15, 0.2) is 0 Å². The van der Waals surface area contributed by atoms with E-state index in [1.54, 1.807) is 0 Å². The fourth-order valence-electron chi connectivity index (χ4n) is 2.64. The molecule has 21 heavy (non-hydrogen) atoms. The maximum atomic E-state index is 2.28. The van der Waals surface area contributed by atoms with Crippen LogP contribution < -0.4 is 0 Å². The summed E-state index contributed by atoms with van der Waals surface area (Å²) in [6, 6.07) is 10.9. The molecule has 0 saturated heterocycles. The van der Waals surface area contributed by atoms with Crippen molar-refractivity contribution >= 4 is 12.4 Å². The number of hydrogen-bond acceptors (Lipinski definition) is 1. The first-order valence-corrected chi connectivity index (χ1v) is 8.47. The van der Waals surface area contributed by atoms with Crippen molar-refractivity contribution in [3.8, 4) is 0 Å². The quantitative estimate of drug-likeness (QED) is 0.446. The molecule has 122 valence electrons. The Bertz CT molecular complexity index is 311. The fraction of sp³-hybridized carbons (Fsp3) is 0.684. The molecule has 1 rings (SSSR count). The third kappa shape index (κ3) is 12.9. The van der Waals surface area contributed by atoms with Crippen LogP contribution in [0.4, 0.5) is 0 Å². The number of nitrogens with zero attached hydrogens (tertiary/aromatic N) is 1. The average molecular weight is 312 g/mol. The predicted molar refractivity (Wildman–Crippen MR) is 97.5 cm³/mol. The number of rotatable bonds is 12. The van der Waals surface area contributed by atoms with Crippen molar-refractivity contribution in [2.75, 3.05) is 20.6 Å². The molecule has 0 unspecified atom stereocenters. The first-order valence-electron chi connectivity index (χ1n) is 8.47. The van der Waals surface area contributed by atoms with Gasteiger partial charge in [-0.25, -0.2) is 0 Å². The van der Waals surface area contributed by atoms with Crippen molar-refractivity contribution in [3.05, 3.63) is 35.9 Å². The molecule has 0 N–H and O–H groups in total. The van der Waals surface area contributed by atoms with E-state index in [0.29, 0.717) is 0 Å². The summed E-state index contributed by atoms with van der Waals surface area (Å²) in [5.41, 5.74) is 1.49. The van der Waals surface area contributed by atoms with Crippen LogP contribution in [0.1, 0.15) is 63.4 Å². The first-order chi connectivity index (χ1) is 9.79. The van der Waals surface area contributed by atoms with Gasteiger partial charge in [-0.1, -0.05) is 75.3 Å². The van der Waals surface area contributed by atoms with Crippen molar-refractivity contribution in [1.29, 1.82) is 0 Å². The van der Waals surface area contributed by atoms with Crippen molar-refractivity contribution in [1.82, 2.24) is 4.90 Å². The number of halogens is 1. The van der Waals surface area contributed by atoms with Crippen LogP contribution in [0.2, 0.25) is 0 Å². The molecule has 0 aliphatic rings. The second-order valence-electron chi connectivity index (χ2n) is 6.22. The summed E-state index contributed by atoms with van der Waals surface area (Å²) in [5.74, 6) is 0. The highest BCUT2D eigenvalue weighted by molar-refractivity contribution is 5.85. The van der Waals surface area contributed by atoms with Crippen LogP contribution in [-0.4, -0.2) is 25.5 Å². The zero-order valence-corrected chi connectivity index (χ0v) is 14.8. The highest BCUT2D eigenvalue weighted by Crippen LogP contribution is 2.11. The van der Waals surface area contributed by atoms with Gasteiger partial charge in [0.2, 0.25) is 0 Å². The van der Waals surface area contributed by atoms with E-state index in [-0.39, 0.29) is 12.4 Å². The van der Waals surface area contributed by atoms with Crippen LogP contribution >= 0.6 is 12.4 Å². The Morgan fingerprint density at radius 1 is 0.667 bits per heavy atom. The highest BCUT2D eigenvalue weighted by atomic mass is 35.5. The lowest BCUT2D eigenvalue weighted by Crippen LogP contribution is -2.12. The molecule has 0 atom stereocenters. The number of unbranched alkanes of at least 4 members (excludes halogenated alkanes) is 8. The molecule has 0 radical (unpaired) electrons. The molecule has 1 aromatic carbocycles. The van der Waals surface area contributed by atoms with Crippen molar-refractivity contribution in [2.24, 2.45) is 0 Å². The smallest absolute Gasteiger partial charge is 0.00248 e. The predicted octanol–water partition coefficient (Wildman–Crippen LogP) is 5.72. The number of benzene rings is 1. The van der Waals surface area contributed by atoms with E-state index in [1.807, 2.05) is 0 Å². The van der Waals surface area contributed by atoms with E-state index in [2.05, 4.69) is 49.3 Å². The third-order valence-electron chi connectivity index (χ3n) is 3.91. The SMILES string of the molecule is CN(C)CCCCCCCCCCCc1ccccc1.Cl. The minimum Gasteiger partial charge on any atom is -0.309 e. The van der Waals surface area contributed by atoms with E-state index in [0.717, 1.165) is 0 Å². The van der Waals surface area contributed by atoms with Crippen LogP contribution in [0.15, 0.2) is 30.3 Å². The maximum absolute atomic E-state index is 2.28. The molecule has 0 fully saturated rings. The van der Waals surface area contributed by atoms with Gasteiger partial charge in [-0.3, -0.25) is 0 Å². The highest BCUT2D eigenvalue weighted by Gasteiger charge is 1.95. The summed E-state index contributed by atoms with van der Waals surface area (Å²) in [4.78, 5) is 2.28. The topological polar surface area (TPSA) is 3.24 Å². The van der Waals surface area contributed by atoms with Crippen molar-refractivity contribution in [2.45, 2.75) is 64.2 Å². The lowest BCUT2D eigenvalue weighted by molar-refractivity contribution is 0.389. The Morgan fingerprint density at radius 2 is 1.14 bits per heavy atom. The van der Waals surface area contributed by atoms with Gasteiger partial charge < -0.3 is 4.90 Å². The second-order valence-corrected chi connectivity index (χ2v) is 6.22. The Morgan fingerprint density at radius 3 is 1.67 bits per heavy atom. The van der Waals surface area contributed by atoms with Crippen LogP contribution in [0.25, 0.3) is 0 Å². The summed E-state index contributed by atoms with van der Waals surface area (Å²) < 4.78 is 0. The van der Waals surface area contributed by atoms with Crippen molar-refractivity contribution in [3.63, 3.8) is 0 Å². The fourth-order valence-corrected chi connectivity index (χ4v) is 2.64. The van der Waals surface area contributed by atoms with E-state index in [4.69, 9.17) is 0 Å². The Labute approximate surface area is 138 Å². The lowest BCUT2D eigenvalue weighted by Gasteiger charge is -2.08. The van der Waals surface area contributed by atoms with Gasteiger partial charge >= 0.3 is 0 Å². The number of aryl methyl sites for hydroxylation is 1. The zero-order chi connectivity index (χ0) is 14.5. The molecular weight excluding hydrogens is 278 g/mol. The molecule has 0 aliphatic heterocycles. The molecule has 0 aromatic heterocycles. The van der Waals surface area contributed by atoms with E-state index >= 15 is 0 Å². The Kier molecular flexibility index (Phi) is 14.0. The Balaban J connectivity index is 0.00000400. The van der Waals surface area contributed by atoms with Gasteiger partial charge in [0.25, 0.3) is 0 Å². The van der Waals surface area contributed by atoms with Gasteiger partial charge in [0, 0.05) is 0 Å². The second kappa shape index (κ2) is 14.4. The molecule has 0 heterocycles. The summed E-state index contributed by atoms with van der Waals surface area (Å²) in [7, 11) is 4.32. The van der Waals surface area contributed by atoms with Gasteiger partial charge in [0.05, 0.1) is 0 Å². The van der Waals surface area contributed by atoms with Crippen LogP contribution in [-0.2, 0) is 6.42 Å². The average Bonchev–Trinajstić information content (AvgIpc) is 2.45. The monoisotopic (exact) mass is 311 g/mol. The summed E-state index contributed by atoms with van der Waals surface area (Å²) in [6.07, 6.45) is 13.9. The Hall–Kier alpha value is -0.530. The van der Waals surface area contributed by atoms with Crippen molar-refractivity contribution < 1.29 is 0 Å². The molecule has 0 bridgehead atoms. The summed E-state index contributed by atoms with van der Waals surface area (Å²) in [6.45, 7) is 1.25. The number of hydrogen-bond donors (Lipinski definition) is 0. The van der Waals surface area contributed by atoms with Crippen LogP contribution in [0.3, 0.4) is 0 Å². The van der Waals surface area contributed by atoms with E-state index in [1.165, 1.54) is 76.3 Å². The van der Waals surface area contributed by atoms with Crippen LogP contribution in [0, 0.1) is 0 Å². The molecule has 1 aromatic rings. The van der Waals surface area contributed by atoms with E-state index < -0.39 is 0 Å². The van der Waals surface area contributed by atoms with Gasteiger partial charge in [-0.15, -0.1) is 12.4 Å². The molecule has 0 spiro atoms. The normalized spacial score (nSPS) is 10.6. The molecule has 0 aliphatic carbocycles. The molecular formula is C19H34ClN. The minimum absolute atomic E-state index is 0. The van der Waals surface area contributed by atoms with Gasteiger partial charge in [-0.05, 0) is 45.5 Å². The van der Waals surface area contributed by atoms with Crippen LogP contribution in [0.5, 0.6) is 0 Å². The molecule has 0 saturated carbocycles. The summed E-state index contributed by atoms with van der Waals surface area (Å²) >= 11 is 0. The third-order valence-corrected chi connectivity index (χ3v) is 3.91. The van der Waals surface area contributed by atoms with Gasteiger partial charge in [-0.2, -0.15) is 0 Å². The standard InChI is InChI=1S/C19H33N.ClH/c1-20(2)18-14-9-7-5-3-4-6-8-11-15-19-16-12-10-13-17-19;/h10,12-13,16-17H,3-9,11,14-15,18H2,1-2H3;1H. The minimum atomic E-state index is 0. The molecule has 0 amide bonds. The largest absolute Gasteiger partial charge is 0.309 e. The lowest BCUT2D eigenvalue weighted by atomic mass is 10.0.